The van der Waals surface area contributed by atoms with Gasteiger partial charge in [0.2, 0.25) is 0 Å². The van der Waals surface area contributed by atoms with Gasteiger partial charge in [0.15, 0.2) is 0 Å². The number of hydrogen-bond acceptors (Lipinski definition) is 2. The lowest BCUT2D eigenvalue weighted by Crippen LogP contribution is -2.15. The highest BCUT2D eigenvalue weighted by atomic mass is 16.3. The van der Waals surface area contributed by atoms with Crippen LogP contribution in [0.15, 0.2) is 60.7 Å². The molecule has 0 unspecified atom stereocenters. The van der Waals surface area contributed by atoms with Gasteiger partial charge < -0.3 is 10.2 Å². The first-order chi connectivity index (χ1) is 11.0. The van der Waals surface area contributed by atoms with E-state index in [1.807, 2.05) is 54.6 Å². The largest absolute Gasteiger partial charge is 0.507 e. The van der Waals surface area contributed by atoms with Gasteiger partial charge >= 0.3 is 0 Å². The van der Waals surface area contributed by atoms with E-state index in [-0.39, 0.29) is 5.75 Å². The summed E-state index contributed by atoms with van der Waals surface area (Å²) in [4.78, 5) is 0. The molecule has 4 aromatic rings. The molecule has 4 rings (SSSR count). The van der Waals surface area contributed by atoms with Gasteiger partial charge in [0.1, 0.15) is 5.75 Å². The summed E-state index contributed by atoms with van der Waals surface area (Å²) in [5.41, 5.74) is -0.0657. The van der Waals surface area contributed by atoms with Crippen molar-refractivity contribution in [2.24, 2.45) is 0 Å². The first-order valence-electron chi connectivity index (χ1n) is 7.76. The molecule has 114 valence electrons. The fraction of sp³-hybridized carbons (Fsp3) is 0.143. The van der Waals surface area contributed by atoms with Gasteiger partial charge in [0, 0.05) is 5.39 Å². The van der Waals surface area contributed by atoms with Crippen molar-refractivity contribution in [1.82, 2.24) is 0 Å². The molecule has 0 saturated heterocycles. The fourth-order valence-corrected chi connectivity index (χ4v) is 3.48. The predicted molar refractivity (Wildman–Crippen MR) is 95.9 cm³/mol. The van der Waals surface area contributed by atoms with E-state index in [2.05, 4.69) is 6.07 Å². The van der Waals surface area contributed by atoms with Gasteiger partial charge in [-0.15, -0.1) is 0 Å². The lowest BCUT2D eigenvalue weighted by molar-refractivity contribution is 0.0802. The Hall–Kier alpha value is -2.58. The van der Waals surface area contributed by atoms with Crippen LogP contribution in [-0.4, -0.2) is 10.2 Å². The average molecular weight is 302 g/mol. The topological polar surface area (TPSA) is 40.5 Å². The molecule has 0 bridgehead atoms. The van der Waals surface area contributed by atoms with Crippen LogP contribution in [0.1, 0.15) is 19.4 Å². The van der Waals surface area contributed by atoms with Crippen LogP contribution in [0.2, 0.25) is 0 Å². The van der Waals surface area contributed by atoms with Gasteiger partial charge in [-0.05, 0) is 52.4 Å². The van der Waals surface area contributed by atoms with Crippen molar-refractivity contribution in [3.05, 3.63) is 66.2 Å². The number of rotatable bonds is 1. The van der Waals surface area contributed by atoms with Gasteiger partial charge in [-0.1, -0.05) is 54.6 Å². The molecular weight excluding hydrogens is 284 g/mol. The van der Waals surface area contributed by atoms with E-state index in [9.17, 15) is 10.2 Å². The summed E-state index contributed by atoms with van der Waals surface area (Å²) in [5.74, 6) is 0.275. The third-order valence-corrected chi connectivity index (χ3v) is 4.52. The molecule has 0 fully saturated rings. The Bertz CT molecular complexity index is 1060. The van der Waals surface area contributed by atoms with Gasteiger partial charge in [-0.25, -0.2) is 0 Å². The van der Waals surface area contributed by atoms with Crippen LogP contribution >= 0.6 is 0 Å². The number of aromatic hydroxyl groups is 1. The van der Waals surface area contributed by atoms with E-state index in [1.54, 1.807) is 13.8 Å². The van der Waals surface area contributed by atoms with E-state index in [0.29, 0.717) is 0 Å². The van der Waals surface area contributed by atoms with Crippen molar-refractivity contribution in [2.75, 3.05) is 0 Å². The highest BCUT2D eigenvalue weighted by Crippen LogP contribution is 2.39. The zero-order valence-corrected chi connectivity index (χ0v) is 13.2. The normalized spacial score (nSPS) is 12.3. The zero-order valence-electron chi connectivity index (χ0n) is 13.2. The maximum atomic E-state index is 10.6. The van der Waals surface area contributed by atoms with Gasteiger partial charge in [0.05, 0.1) is 5.60 Å². The van der Waals surface area contributed by atoms with Crippen molar-refractivity contribution in [2.45, 2.75) is 19.4 Å². The van der Waals surface area contributed by atoms with Crippen LogP contribution in [0.4, 0.5) is 0 Å². The second-order valence-electron chi connectivity index (χ2n) is 6.56. The molecule has 0 heterocycles. The summed E-state index contributed by atoms with van der Waals surface area (Å²) in [7, 11) is 0. The Morgan fingerprint density at radius 1 is 0.739 bits per heavy atom. The van der Waals surface area contributed by atoms with E-state index >= 15 is 0 Å². The van der Waals surface area contributed by atoms with Crippen LogP contribution < -0.4 is 0 Å². The van der Waals surface area contributed by atoms with E-state index in [0.717, 1.165) is 37.9 Å². The maximum Gasteiger partial charge on any atom is 0.124 e. The Labute approximate surface area is 134 Å². The SMILES string of the molecule is CC(C)(O)c1cccc2c1ccc1c3ccccc3cc(O)c21. The highest BCUT2D eigenvalue weighted by molar-refractivity contribution is 6.20. The molecular formula is C21H18O2. The van der Waals surface area contributed by atoms with E-state index < -0.39 is 5.60 Å². The second kappa shape index (κ2) is 4.71. The van der Waals surface area contributed by atoms with Crippen molar-refractivity contribution < 1.29 is 10.2 Å². The minimum absolute atomic E-state index is 0.275. The summed E-state index contributed by atoms with van der Waals surface area (Å²) < 4.78 is 0. The minimum Gasteiger partial charge on any atom is -0.507 e. The van der Waals surface area contributed by atoms with Crippen LogP contribution in [0, 0.1) is 0 Å². The Morgan fingerprint density at radius 3 is 2.17 bits per heavy atom. The smallest absolute Gasteiger partial charge is 0.124 e. The molecule has 2 nitrogen and oxygen atoms in total. The van der Waals surface area contributed by atoms with Crippen LogP contribution in [-0.2, 0) is 5.60 Å². The molecule has 2 heteroatoms. The van der Waals surface area contributed by atoms with Crippen molar-refractivity contribution >= 4 is 32.3 Å². The number of phenolic OH excluding ortho intramolecular Hbond substituents is 1. The monoisotopic (exact) mass is 302 g/mol. The predicted octanol–water partition coefficient (Wildman–Crippen LogP) is 5.08. The fourth-order valence-electron chi connectivity index (χ4n) is 3.48. The third kappa shape index (κ3) is 2.07. The Balaban J connectivity index is 2.24. The number of fused-ring (bicyclic) bond motifs is 5. The lowest BCUT2D eigenvalue weighted by atomic mass is 9.89. The average Bonchev–Trinajstić information content (AvgIpc) is 2.52. The number of phenols is 1. The number of aliphatic hydroxyl groups is 1. The summed E-state index contributed by atoms with van der Waals surface area (Å²) in [5, 5.41) is 27.0. The van der Waals surface area contributed by atoms with Crippen molar-refractivity contribution in [1.29, 1.82) is 0 Å². The molecule has 0 aromatic heterocycles. The van der Waals surface area contributed by atoms with Crippen LogP contribution in [0.5, 0.6) is 5.75 Å². The molecule has 0 radical (unpaired) electrons. The summed E-state index contributed by atoms with van der Waals surface area (Å²) >= 11 is 0. The first kappa shape index (κ1) is 14.0. The third-order valence-electron chi connectivity index (χ3n) is 4.52. The molecule has 2 N–H and O–H groups in total. The molecule has 0 amide bonds. The van der Waals surface area contributed by atoms with Crippen LogP contribution in [0.3, 0.4) is 0 Å². The van der Waals surface area contributed by atoms with Crippen LogP contribution in [0.25, 0.3) is 32.3 Å². The molecule has 0 aliphatic carbocycles. The maximum absolute atomic E-state index is 10.6. The van der Waals surface area contributed by atoms with Crippen molar-refractivity contribution in [3.63, 3.8) is 0 Å². The van der Waals surface area contributed by atoms with Gasteiger partial charge in [-0.2, -0.15) is 0 Å². The highest BCUT2D eigenvalue weighted by Gasteiger charge is 2.20. The van der Waals surface area contributed by atoms with Crippen molar-refractivity contribution in [3.8, 4) is 5.75 Å². The molecule has 0 spiro atoms. The van der Waals surface area contributed by atoms with E-state index in [4.69, 9.17) is 0 Å². The number of hydrogen-bond donors (Lipinski definition) is 2. The molecule has 0 aliphatic rings. The summed E-state index contributed by atoms with van der Waals surface area (Å²) in [6, 6.07) is 19.8. The molecule has 0 saturated carbocycles. The molecule has 4 aromatic carbocycles. The second-order valence-corrected chi connectivity index (χ2v) is 6.56. The summed E-state index contributed by atoms with van der Waals surface area (Å²) in [6.45, 7) is 3.57. The standard InChI is InChI=1S/C21H18O2/c1-21(2,23)18-9-5-8-16-15(18)10-11-17-14-7-4-3-6-13(14)12-19(22)20(16)17/h3-12,22-23H,1-2H3. The lowest BCUT2D eigenvalue weighted by Gasteiger charge is -2.21. The minimum atomic E-state index is -0.931. The zero-order chi connectivity index (χ0) is 16.2. The molecule has 23 heavy (non-hydrogen) atoms. The summed E-state index contributed by atoms with van der Waals surface area (Å²) in [6.07, 6.45) is 0. The number of benzene rings is 4. The van der Waals surface area contributed by atoms with E-state index in [1.165, 1.54) is 0 Å². The van der Waals surface area contributed by atoms with Gasteiger partial charge in [-0.3, -0.25) is 0 Å². The Kier molecular flexibility index (Phi) is 2.87. The molecule has 0 atom stereocenters. The van der Waals surface area contributed by atoms with Gasteiger partial charge in [0.25, 0.3) is 0 Å². The quantitative estimate of drug-likeness (QED) is 0.481. The molecule has 0 aliphatic heterocycles. The first-order valence-corrected chi connectivity index (χ1v) is 7.76. The Morgan fingerprint density at radius 2 is 1.39 bits per heavy atom.